The molecule has 3 rings (SSSR count). The standard InChI is InChI=1S/C26H18ClF7O/c1-2-3-4-5-15-11-21(29)24(22(30)12-15)26(33,34)35-18-9-8-17(20(28)14-18)7-6-16-10-19(27)25(32)23(31)13-16/h8-14H,2-5H2,1H3. The van der Waals surface area contributed by atoms with Crippen LogP contribution in [0.2, 0.25) is 5.02 Å². The average molecular weight is 515 g/mol. The number of aryl methyl sites for hydroxylation is 1. The molecule has 35 heavy (non-hydrogen) atoms. The molecule has 0 bridgehead atoms. The molecule has 0 aliphatic carbocycles. The van der Waals surface area contributed by atoms with E-state index in [-0.39, 0.29) is 16.7 Å². The number of halogens is 8. The molecule has 0 radical (unpaired) electrons. The Morgan fingerprint density at radius 2 is 1.51 bits per heavy atom. The van der Waals surface area contributed by atoms with E-state index in [1.54, 1.807) is 0 Å². The third-order valence-electron chi connectivity index (χ3n) is 4.97. The minimum absolute atomic E-state index is 0.0516. The molecule has 0 saturated carbocycles. The van der Waals surface area contributed by atoms with Gasteiger partial charge in [0.1, 0.15) is 28.8 Å². The van der Waals surface area contributed by atoms with Crippen LogP contribution in [0.15, 0.2) is 42.5 Å². The quantitative estimate of drug-likeness (QED) is 0.133. The molecule has 3 aromatic carbocycles. The molecule has 3 aromatic rings. The van der Waals surface area contributed by atoms with Crippen LogP contribution in [0.3, 0.4) is 0 Å². The summed E-state index contributed by atoms with van der Waals surface area (Å²) in [4.78, 5) is 0. The minimum Gasteiger partial charge on any atom is -0.429 e. The summed E-state index contributed by atoms with van der Waals surface area (Å²) in [5, 5.41) is -0.519. The fraction of sp³-hybridized carbons (Fsp3) is 0.231. The summed E-state index contributed by atoms with van der Waals surface area (Å²) in [6.07, 6.45) is -1.74. The highest BCUT2D eigenvalue weighted by atomic mass is 35.5. The summed E-state index contributed by atoms with van der Waals surface area (Å²) in [5.41, 5.74) is -1.68. The molecule has 0 unspecified atom stereocenters. The van der Waals surface area contributed by atoms with Crippen molar-refractivity contribution in [2.24, 2.45) is 0 Å². The lowest BCUT2D eigenvalue weighted by molar-refractivity contribution is -0.189. The first-order valence-electron chi connectivity index (χ1n) is 10.5. The van der Waals surface area contributed by atoms with Gasteiger partial charge < -0.3 is 4.74 Å². The number of rotatable bonds is 7. The first-order valence-corrected chi connectivity index (χ1v) is 10.9. The van der Waals surface area contributed by atoms with Gasteiger partial charge in [0.15, 0.2) is 11.6 Å². The maximum Gasteiger partial charge on any atom is 0.432 e. The lowest BCUT2D eigenvalue weighted by atomic mass is 10.0. The van der Waals surface area contributed by atoms with Gasteiger partial charge in [0.05, 0.1) is 10.6 Å². The van der Waals surface area contributed by atoms with Gasteiger partial charge in [-0.3, -0.25) is 0 Å². The molecule has 0 heterocycles. The zero-order chi connectivity index (χ0) is 25.8. The Kier molecular flexibility index (Phi) is 8.34. The van der Waals surface area contributed by atoms with Gasteiger partial charge in [-0.15, -0.1) is 0 Å². The van der Waals surface area contributed by atoms with E-state index in [4.69, 9.17) is 11.6 Å². The normalized spacial score (nSPS) is 11.2. The van der Waals surface area contributed by atoms with Crippen molar-refractivity contribution >= 4 is 11.6 Å². The SMILES string of the molecule is CCCCCc1cc(F)c(C(F)(F)Oc2ccc(C#Cc3cc(F)c(F)c(Cl)c3)c(F)c2)c(F)c1. The summed E-state index contributed by atoms with van der Waals surface area (Å²) in [7, 11) is 0. The molecule has 0 aromatic heterocycles. The van der Waals surface area contributed by atoms with E-state index in [0.717, 1.165) is 49.2 Å². The second kappa shape index (κ2) is 11.0. The van der Waals surface area contributed by atoms with Gasteiger partial charge in [0.25, 0.3) is 0 Å². The largest absolute Gasteiger partial charge is 0.432 e. The molecule has 0 aliphatic heterocycles. The number of unbranched alkanes of at least 4 members (excludes halogenated alkanes) is 2. The third-order valence-corrected chi connectivity index (χ3v) is 5.25. The van der Waals surface area contributed by atoms with Crippen molar-refractivity contribution in [1.29, 1.82) is 0 Å². The third kappa shape index (κ3) is 6.49. The van der Waals surface area contributed by atoms with Crippen LogP contribution in [0.5, 0.6) is 5.75 Å². The molecule has 0 N–H and O–H groups in total. The lowest BCUT2D eigenvalue weighted by Gasteiger charge is -2.20. The number of ether oxygens (including phenoxy) is 1. The number of hydrogen-bond donors (Lipinski definition) is 0. The van der Waals surface area contributed by atoms with Crippen LogP contribution in [0.4, 0.5) is 30.7 Å². The molecule has 0 spiro atoms. The van der Waals surface area contributed by atoms with E-state index in [1.165, 1.54) is 0 Å². The van der Waals surface area contributed by atoms with E-state index in [0.29, 0.717) is 18.9 Å². The van der Waals surface area contributed by atoms with Crippen LogP contribution in [0, 0.1) is 40.9 Å². The lowest BCUT2D eigenvalue weighted by Crippen LogP contribution is -2.25. The number of hydrogen-bond acceptors (Lipinski definition) is 1. The van der Waals surface area contributed by atoms with Crippen molar-refractivity contribution in [2.75, 3.05) is 0 Å². The average Bonchev–Trinajstić information content (AvgIpc) is 2.76. The van der Waals surface area contributed by atoms with Crippen LogP contribution < -0.4 is 4.74 Å². The molecule has 184 valence electrons. The summed E-state index contributed by atoms with van der Waals surface area (Å²) >= 11 is 5.53. The van der Waals surface area contributed by atoms with E-state index >= 15 is 0 Å². The summed E-state index contributed by atoms with van der Waals surface area (Å²) in [6, 6.07) is 5.91. The Bertz CT molecular complexity index is 1250. The van der Waals surface area contributed by atoms with Crippen molar-refractivity contribution in [1.82, 2.24) is 0 Å². The van der Waals surface area contributed by atoms with Gasteiger partial charge in [-0.2, -0.15) is 8.78 Å². The maximum atomic E-state index is 14.6. The van der Waals surface area contributed by atoms with E-state index in [9.17, 15) is 30.7 Å². The number of alkyl halides is 2. The van der Waals surface area contributed by atoms with Crippen LogP contribution in [-0.4, -0.2) is 0 Å². The van der Waals surface area contributed by atoms with E-state index in [2.05, 4.69) is 16.6 Å². The van der Waals surface area contributed by atoms with Gasteiger partial charge in [-0.1, -0.05) is 43.2 Å². The topological polar surface area (TPSA) is 9.23 Å². The van der Waals surface area contributed by atoms with Gasteiger partial charge in [0.2, 0.25) is 0 Å². The van der Waals surface area contributed by atoms with E-state index < -0.39 is 51.5 Å². The maximum absolute atomic E-state index is 14.6. The zero-order valence-electron chi connectivity index (χ0n) is 18.3. The monoisotopic (exact) mass is 514 g/mol. The molecular weight excluding hydrogens is 497 g/mol. The predicted octanol–water partition coefficient (Wildman–Crippen LogP) is 8.30. The highest BCUT2D eigenvalue weighted by molar-refractivity contribution is 6.30. The first kappa shape index (κ1) is 26.4. The Morgan fingerprint density at radius 3 is 2.11 bits per heavy atom. The molecule has 0 atom stereocenters. The molecule has 0 aliphatic rings. The Labute approximate surface area is 202 Å². The fourth-order valence-electron chi connectivity index (χ4n) is 3.25. The molecule has 9 heteroatoms. The first-order chi connectivity index (χ1) is 16.5. The second-order valence-corrected chi connectivity index (χ2v) is 8.06. The number of benzene rings is 3. The predicted molar refractivity (Wildman–Crippen MR) is 118 cm³/mol. The van der Waals surface area contributed by atoms with Crippen molar-refractivity contribution in [3.05, 3.63) is 98.8 Å². The van der Waals surface area contributed by atoms with Crippen LogP contribution in [-0.2, 0) is 12.5 Å². The van der Waals surface area contributed by atoms with Crippen LogP contribution >= 0.6 is 11.6 Å². The van der Waals surface area contributed by atoms with Crippen molar-refractivity contribution in [3.8, 4) is 17.6 Å². The summed E-state index contributed by atoms with van der Waals surface area (Å²) in [6.45, 7) is 1.95. The molecular formula is C26H18ClF7O. The molecule has 1 nitrogen and oxygen atoms in total. The van der Waals surface area contributed by atoms with Crippen LogP contribution in [0.25, 0.3) is 0 Å². The highest BCUT2D eigenvalue weighted by Crippen LogP contribution is 2.36. The van der Waals surface area contributed by atoms with Gasteiger partial charge in [-0.25, -0.2) is 22.0 Å². The van der Waals surface area contributed by atoms with Crippen molar-refractivity contribution < 1.29 is 35.5 Å². The smallest absolute Gasteiger partial charge is 0.429 e. The Balaban J connectivity index is 1.81. The van der Waals surface area contributed by atoms with Gasteiger partial charge >= 0.3 is 6.11 Å². The van der Waals surface area contributed by atoms with Crippen LogP contribution in [0.1, 0.15) is 48.4 Å². The van der Waals surface area contributed by atoms with Gasteiger partial charge in [0, 0.05) is 11.6 Å². The second-order valence-electron chi connectivity index (χ2n) is 7.66. The van der Waals surface area contributed by atoms with Gasteiger partial charge in [-0.05, 0) is 54.8 Å². The molecule has 0 amide bonds. The van der Waals surface area contributed by atoms with E-state index in [1.807, 2.05) is 6.92 Å². The summed E-state index contributed by atoms with van der Waals surface area (Å²) < 4.78 is 103. The zero-order valence-corrected chi connectivity index (χ0v) is 19.1. The summed E-state index contributed by atoms with van der Waals surface area (Å²) in [5.74, 6) is -2.55. The van der Waals surface area contributed by atoms with Crippen molar-refractivity contribution in [3.63, 3.8) is 0 Å². The molecule has 0 fully saturated rings. The fourth-order valence-corrected chi connectivity index (χ4v) is 3.46. The Hall–Kier alpha value is -3.18. The highest BCUT2D eigenvalue weighted by Gasteiger charge is 2.41. The minimum atomic E-state index is -4.43. The Morgan fingerprint density at radius 1 is 0.829 bits per heavy atom. The molecule has 0 saturated heterocycles. The van der Waals surface area contributed by atoms with Crippen molar-refractivity contribution in [2.45, 2.75) is 38.7 Å².